The van der Waals surface area contributed by atoms with Crippen molar-refractivity contribution in [1.82, 2.24) is 13.4 Å². The molecule has 2 heterocycles. The summed E-state index contributed by atoms with van der Waals surface area (Å²) in [6, 6.07) is 13.2. The molecule has 1 saturated heterocycles. The predicted octanol–water partition coefficient (Wildman–Crippen LogP) is 1.26. The number of imidazole rings is 1. The molecule has 1 fully saturated rings. The summed E-state index contributed by atoms with van der Waals surface area (Å²) in [5, 5.41) is 1.99. The van der Waals surface area contributed by atoms with Crippen LogP contribution in [0.15, 0.2) is 59.8 Å². The average Bonchev–Trinajstić information content (AvgIpc) is 3.00. The monoisotopic (exact) mass is 403 g/mol. The van der Waals surface area contributed by atoms with Crippen LogP contribution in [0.4, 0.5) is 0 Å². The van der Waals surface area contributed by atoms with E-state index >= 15 is 0 Å². The van der Waals surface area contributed by atoms with Gasteiger partial charge in [-0.15, -0.1) is 0 Å². The highest BCUT2D eigenvalue weighted by Gasteiger charge is 2.30. The zero-order valence-electron chi connectivity index (χ0n) is 15.2. The number of benzene rings is 2. The molecule has 0 bridgehead atoms. The van der Waals surface area contributed by atoms with Gasteiger partial charge < -0.3 is 9.47 Å². The third kappa shape index (κ3) is 3.58. The molecule has 2 aromatic carbocycles. The van der Waals surface area contributed by atoms with Gasteiger partial charge in [0.25, 0.3) is 0 Å². The molecule has 6 nitrogen and oxygen atoms in total. The van der Waals surface area contributed by atoms with Crippen LogP contribution < -0.4 is 4.90 Å². The number of aromatic nitrogens is 2. The zero-order valence-corrected chi connectivity index (χ0v) is 16.8. The van der Waals surface area contributed by atoms with Crippen LogP contribution in [0.1, 0.15) is 0 Å². The quantitative estimate of drug-likeness (QED) is 0.668. The molecular weight excluding hydrogens is 380 g/mol. The van der Waals surface area contributed by atoms with Crippen LogP contribution in [0.5, 0.6) is 0 Å². The summed E-state index contributed by atoms with van der Waals surface area (Å²) in [6.45, 7) is 3.34. The van der Waals surface area contributed by atoms with E-state index < -0.39 is 10.0 Å². The van der Waals surface area contributed by atoms with Gasteiger partial charge in [0.15, 0.2) is 11.4 Å². The van der Waals surface area contributed by atoms with E-state index in [0.717, 1.165) is 35.3 Å². The van der Waals surface area contributed by atoms with Crippen molar-refractivity contribution in [2.75, 3.05) is 26.2 Å². The number of quaternary nitrogens is 1. The average molecular weight is 404 g/mol. The Morgan fingerprint density at radius 1 is 1.04 bits per heavy atom. The lowest BCUT2D eigenvalue weighted by Crippen LogP contribution is -3.14. The molecule has 0 aliphatic carbocycles. The highest BCUT2D eigenvalue weighted by atomic mass is 32.2. The molecule has 4 rings (SSSR count). The van der Waals surface area contributed by atoms with Crippen molar-refractivity contribution >= 4 is 33.0 Å². The number of aryl methyl sites for hydroxylation is 1. The molecule has 1 N–H and O–H groups in total. The Morgan fingerprint density at radius 3 is 2.41 bits per heavy atom. The van der Waals surface area contributed by atoms with Gasteiger partial charge in [-0.25, -0.2) is 8.42 Å². The second-order valence-electron chi connectivity index (χ2n) is 6.98. The standard InChI is InChI=1S/C19H22N4O2S2/c1-20-8-11-22(19(20)26)15-21-9-12-23(13-10-21)27(24,25)18-7-6-16-4-2-3-5-17(16)14-18/h2-8,11,14H,9-10,12-13,15H2,1H3/p+1. The van der Waals surface area contributed by atoms with Crippen molar-refractivity contribution in [2.45, 2.75) is 11.6 Å². The van der Waals surface area contributed by atoms with Crippen molar-refractivity contribution in [3.63, 3.8) is 0 Å². The lowest BCUT2D eigenvalue weighted by molar-refractivity contribution is -0.926. The SMILES string of the molecule is Cn1ccn(C[NH+]2CCN(S(=O)(=O)c3ccc4ccccc4c3)CC2)c1=S. The molecule has 8 heteroatoms. The second-order valence-corrected chi connectivity index (χ2v) is 9.29. The van der Waals surface area contributed by atoms with Crippen LogP contribution in [-0.2, 0) is 23.7 Å². The maximum Gasteiger partial charge on any atom is 0.243 e. The third-order valence-electron chi connectivity index (χ3n) is 5.20. The zero-order chi connectivity index (χ0) is 19.0. The van der Waals surface area contributed by atoms with E-state index in [1.807, 2.05) is 58.9 Å². The molecule has 27 heavy (non-hydrogen) atoms. The van der Waals surface area contributed by atoms with Gasteiger partial charge in [-0.05, 0) is 35.1 Å². The van der Waals surface area contributed by atoms with Crippen molar-refractivity contribution in [3.8, 4) is 0 Å². The molecule has 0 spiro atoms. The fraction of sp³-hybridized carbons (Fsp3) is 0.316. The topological polar surface area (TPSA) is 51.7 Å². The number of piperazine rings is 1. The number of fused-ring (bicyclic) bond motifs is 1. The van der Waals surface area contributed by atoms with Crippen LogP contribution in [0.2, 0.25) is 0 Å². The Balaban J connectivity index is 1.47. The summed E-state index contributed by atoms with van der Waals surface area (Å²) in [5.74, 6) is 0. The number of nitrogens with one attached hydrogen (secondary N) is 1. The van der Waals surface area contributed by atoms with Gasteiger partial charge in [0.2, 0.25) is 10.0 Å². The first-order valence-corrected chi connectivity index (χ1v) is 10.8. The summed E-state index contributed by atoms with van der Waals surface area (Å²) in [5.41, 5.74) is 0. The highest BCUT2D eigenvalue weighted by molar-refractivity contribution is 7.89. The maximum absolute atomic E-state index is 13.0. The van der Waals surface area contributed by atoms with E-state index in [1.54, 1.807) is 16.4 Å². The number of hydrogen-bond donors (Lipinski definition) is 1. The van der Waals surface area contributed by atoms with Crippen LogP contribution in [0, 0.1) is 4.77 Å². The molecule has 0 unspecified atom stereocenters. The smallest absolute Gasteiger partial charge is 0.243 e. The fourth-order valence-electron chi connectivity index (χ4n) is 3.55. The van der Waals surface area contributed by atoms with Crippen molar-refractivity contribution < 1.29 is 13.3 Å². The summed E-state index contributed by atoms with van der Waals surface area (Å²) >= 11 is 5.39. The van der Waals surface area contributed by atoms with Gasteiger partial charge in [0, 0.05) is 19.4 Å². The normalized spacial score (nSPS) is 16.8. The van der Waals surface area contributed by atoms with Crippen molar-refractivity contribution in [2.24, 2.45) is 7.05 Å². The molecule has 3 aromatic rings. The second kappa shape index (κ2) is 7.20. The molecule has 0 amide bonds. The van der Waals surface area contributed by atoms with E-state index in [9.17, 15) is 8.42 Å². The predicted molar refractivity (Wildman–Crippen MR) is 108 cm³/mol. The van der Waals surface area contributed by atoms with Gasteiger partial charge in [0.1, 0.15) is 0 Å². The lowest BCUT2D eigenvalue weighted by atomic mass is 10.1. The number of hydrogen-bond acceptors (Lipinski definition) is 3. The highest BCUT2D eigenvalue weighted by Crippen LogP contribution is 2.21. The Bertz CT molecular complexity index is 1130. The summed E-state index contributed by atoms with van der Waals surface area (Å²) in [4.78, 5) is 1.71. The fourth-order valence-corrected chi connectivity index (χ4v) is 5.21. The minimum absolute atomic E-state index is 0.370. The minimum Gasteiger partial charge on any atom is -0.327 e. The minimum atomic E-state index is -3.47. The Hall–Kier alpha value is -2.00. The molecule has 1 aromatic heterocycles. The van der Waals surface area contributed by atoms with E-state index in [0.29, 0.717) is 18.0 Å². The van der Waals surface area contributed by atoms with E-state index in [1.165, 1.54) is 4.90 Å². The van der Waals surface area contributed by atoms with Gasteiger partial charge >= 0.3 is 0 Å². The summed E-state index contributed by atoms with van der Waals surface area (Å²) in [6.07, 6.45) is 3.93. The number of rotatable bonds is 4. The first-order valence-electron chi connectivity index (χ1n) is 8.99. The molecule has 1 aliphatic heterocycles. The summed E-state index contributed by atoms with van der Waals surface area (Å²) < 4.78 is 32.4. The summed E-state index contributed by atoms with van der Waals surface area (Å²) in [7, 11) is -1.53. The van der Waals surface area contributed by atoms with Gasteiger partial charge in [-0.1, -0.05) is 30.3 Å². The van der Waals surface area contributed by atoms with E-state index in [4.69, 9.17) is 12.2 Å². The van der Waals surface area contributed by atoms with Crippen molar-refractivity contribution in [3.05, 3.63) is 59.6 Å². The third-order valence-corrected chi connectivity index (χ3v) is 7.62. The Morgan fingerprint density at radius 2 is 1.74 bits per heavy atom. The molecule has 0 saturated carbocycles. The van der Waals surface area contributed by atoms with Gasteiger partial charge in [0.05, 0.1) is 31.1 Å². The van der Waals surface area contributed by atoms with Crippen LogP contribution in [0.3, 0.4) is 0 Å². The number of sulfonamides is 1. The van der Waals surface area contributed by atoms with E-state index in [2.05, 4.69) is 0 Å². The Labute approximate surface area is 164 Å². The molecular formula is C19H23N4O2S2+. The van der Waals surface area contributed by atoms with Crippen LogP contribution >= 0.6 is 12.2 Å². The molecule has 0 radical (unpaired) electrons. The number of nitrogens with zero attached hydrogens (tertiary/aromatic N) is 3. The molecule has 1 aliphatic rings. The van der Waals surface area contributed by atoms with Crippen LogP contribution in [0.25, 0.3) is 10.8 Å². The van der Waals surface area contributed by atoms with Gasteiger partial charge in [-0.2, -0.15) is 4.31 Å². The molecule has 142 valence electrons. The van der Waals surface area contributed by atoms with E-state index in [-0.39, 0.29) is 0 Å². The molecule has 0 atom stereocenters. The lowest BCUT2D eigenvalue weighted by Gasteiger charge is -2.31. The van der Waals surface area contributed by atoms with Gasteiger partial charge in [-0.3, -0.25) is 4.57 Å². The largest absolute Gasteiger partial charge is 0.327 e. The Kier molecular flexibility index (Phi) is 4.90. The first-order chi connectivity index (χ1) is 12.9. The van der Waals surface area contributed by atoms with Crippen molar-refractivity contribution in [1.29, 1.82) is 0 Å². The maximum atomic E-state index is 13.0. The van der Waals surface area contributed by atoms with Crippen LogP contribution in [-0.4, -0.2) is 48.0 Å². The first kappa shape index (κ1) is 18.4.